The summed E-state index contributed by atoms with van der Waals surface area (Å²) in [4.78, 5) is 18.4. The minimum Gasteiger partial charge on any atom is -0.497 e. The summed E-state index contributed by atoms with van der Waals surface area (Å²) in [7, 11) is 1.68. The summed E-state index contributed by atoms with van der Waals surface area (Å²) in [5.41, 5.74) is 7.81. The van der Waals surface area contributed by atoms with Crippen molar-refractivity contribution in [2.75, 3.05) is 7.11 Å². The van der Waals surface area contributed by atoms with Gasteiger partial charge >= 0.3 is 5.97 Å². The van der Waals surface area contributed by atoms with Gasteiger partial charge in [-0.15, -0.1) is 0 Å². The first kappa shape index (κ1) is 18.6. The van der Waals surface area contributed by atoms with E-state index < -0.39 is 0 Å². The average Bonchev–Trinajstić information content (AvgIpc) is 3.54. The number of H-pyrrole nitrogens is 2. The van der Waals surface area contributed by atoms with Gasteiger partial charge < -0.3 is 24.5 Å². The molecule has 1 saturated heterocycles. The second kappa shape index (κ2) is 6.54. The molecule has 2 aliphatic rings. The molecule has 3 heterocycles. The number of rotatable bonds is 2. The number of aromatic amines is 2. The summed E-state index contributed by atoms with van der Waals surface area (Å²) >= 11 is 0. The molecule has 1 aliphatic carbocycles. The third-order valence-corrected chi connectivity index (χ3v) is 7.29. The molecule has 7 rings (SSSR count). The lowest BCUT2D eigenvalue weighted by Crippen LogP contribution is -2.05. The summed E-state index contributed by atoms with van der Waals surface area (Å²) in [5.74, 6) is 0.891. The van der Waals surface area contributed by atoms with Crippen LogP contribution in [0, 0.1) is 0 Å². The molecule has 0 spiro atoms. The van der Waals surface area contributed by atoms with Crippen molar-refractivity contribution in [3.63, 3.8) is 0 Å². The molecule has 1 atom stereocenters. The van der Waals surface area contributed by atoms with E-state index in [0.29, 0.717) is 12.8 Å². The molecule has 0 bridgehead atoms. The Morgan fingerprint density at radius 2 is 1.97 bits per heavy atom. The van der Waals surface area contributed by atoms with Gasteiger partial charge in [0.2, 0.25) is 0 Å². The zero-order valence-corrected chi connectivity index (χ0v) is 18.1. The van der Waals surface area contributed by atoms with Crippen LogP contribution < -0.4 is 4.74 Å². The third-order valence-electron chi connectivity index (χ3n) is 7.29. The van der Waals surface area contributed by atoms with Gasteiger partial charge in [0.1, 0.15) is 11.9 Å². The summed E-state index contributed by atoms with van der Waals surface area (Å²) in [6.07, 6.45) is 4.64. The van der Waals surface area contributed by atoms with Crippen LogP contribution in [0.1, 0.15) is 35.6 Å². The van der Waals surface area contributed by atoms with Crippen molar-refractivity contribution < 1.29 is 19.4 Å². The number of cyclic esters (lactones) is 1. The number of aryl methyl sites for hydroxylation is 2. The number of hydrogen-bond acceptors (Lipinski definition) is 4. The molecular weight excluding hydrogens is 416 g/mol. The van der Waals surface area contributed by atoms with Crippen LogP contribution in [-0.4, -0.2) is 28.2 Å². The summed E-state index contributed by atoms with van der Waals surface area (Å²) in [5, 5.41) is 14.9. The van der Waals surface area contributed by atoms with E-state index >= 15 is 0 Å². The molecule has 6 heteroatoms. The van der Waals surface area contributed by atoms with E-state index in [0.717, 1.165) is 67.9 Å². The number of hydrogen-bond donors (Lipinski definition) is 3. The minimum absolute atomic E-state index is 0.138. The Labute approximate surface area is 189 Å². The number of fused-ring (bicyclic) bond motifs is 10. The first-order chi connectivity index (χ1) is 16.1. The van der Waals surface area contributed by atoms with Crippen molar-refractivity contribution in [1.82, 2.24) is 9.97 Å². The van der Waals surface area contributed by atoms with Crippen molar-refractivity contribution in [2.24, 2.45) is 0 Å². The van der Waals surface area contributed by atoms with Crippen molar-refractivity contribution >= 4 is 38.5 Å². The Balaban J connectivity index is 1.55. The largest absolute Gasteiger partial charge is 0.497 e. The Bertz CT molecular complexity index is 1620. The number of nitrogens with one attached hydrogen (secondary N) is 2. The van der Waals surface area contributed by atoms with E-state index in [2.05, 4.69) is 34.2 Å². The van der Waals surface area contributed by atoms with Crippen LogP contribution in [0.2, 0.25) is 0 Å². The fourth-order valence-electron chi connectivity index (χ4n) is 5.77. The third kappa shape index (κ3) is 2.52. The molecule has 1 aliphatic heterocycles. The summed E-state index contributed by atoms with van der Waals surface area (Å²) in [6, 6.07) is 12.4. The number of carbonyl (C=O) groups excluding carboxylic acids is 1. The zero-order valence-electron chi connectivity index (χ0n) is 18.1. The molecule has 1 unspecified atom stereocenters. The first-order valence-electron chi connectivity index (χ1n) is 11.3. The molecule has 0 radical (unpaired) electrons. The van der Waals surface area contributed by atoms with Gasteiger partial charge in [-0.3, -0.25) is 4.79 Å². The fourth-order valence-corrected chi connectivity index (χ4v) is 5.77. The Hall–Kier alpha value is -3.93. The Morgan fingerprint density at radius 1 is 1.06 bits per heavy atom. The number of aromatic nitrogens is 2. The highest BCUT2D eigenvalue weighted by atomic mass is 16.5. The van der Waals surface area contributed by atoms with Crippen LogP contribution in [0.15, 0.2) is 42.6 Å². The Kier molecular flexibility index (Phi) is 3.69. The molecular formula is C27H22N2O4. The molecule has 33 heavy (non-hydrogen) atoms. The number of carbonyl (C=O) groups is 1. The van der Waals surface area contributed by atoms with E-state index in [1.807, 2.05) is 18.3 Å². The highest BCUT2D eigenvalue weighted by molar-refractivity contribution is 6.26. The molecule has 5 aromatic rings. The van der Waals surface area contributed by atoms with Crippen LogP contribution in [0.4, 0.5) is 0 Å². The van der Waals surface area contributed by atoms with E-state index in [4.69, 9.17) is 9.47 Å². The second-order valence-corrected chi connectivity index (χ2v) is 9.00. The molecule has 164 valence electrons. The quantitative estimate of drug-likeness (QED) is 0.310. The number of benzene rings is 3. The number of ether oxygens (including phenoxy) is 2. The summed E-state index contributed by atoms with van der Waals surface area (Å²) < 4.78 is 11.0. The van der Waals surface area contributed by atoms with E-state index in [-0.39, 0.29) is 18.0 Å². The van der Waals surface area contributed by atoms with Gasteiger partial charge in [0.15, 0.2) is 5.88 Å². The highest BCUT2D eigenvalue weighted by Crippen LogP contribution is 2.48. The molecule has 2 aromatic heterocycles. The van der Waals surface area contributed by atoms with Gasteiger partial charge in [-0.1, -0.05) is 12.1 Å². The molecule has 3 aromatic carbocycles. The fraction of sp³-hybridized carbons (Fsp3) is 0.222. The highest BCUT2D eigenvalue weighted by Gasteiger charge is 2.28. The van der Waals surface area contributed by atoms with E-state index in [1.54, 1.807) is 7.11 Å². The van der Waals surface area contributed by atoms with Gasteiger partial charge in [0.25, 0.3) is 0 Å². The topological polar surface area (TPSA) is 87.3 Å². The van der Waals surface area contributed by atoms with Crippen LogP contribution in [0.5, 0.6) is 11.6 Å². The second-order valence-electron chi connectivity index (χ2n) is 9.00. The van der Waals surface area contributed by atoms with Crippen LogP contribution in [-0.2, 0) is 22.4 Å². The van der Waals surface area contributed by atoms with Crippen molar-refractivity contribution in [3.8, 4) is 22.8 Å². The van der Waals surface area contributed by atoms with Crippen LogP contribution in [0.3, 0.4) is 0 Å². The average molecular weight is 438 g/mol. The lowest BCUT2D eigenvalue weighted by atomic mass is 9.82. The van der Waals surface area contributed by atoms with Gasteiger partial charge in [0.05, 0.1) is 18.0 Å². The number of methoxy groups -OCH3 is 1. The minimum atomic E-state index is -0.193. The maximum atomic E-state index is 11.7. The lowest BCUT2D eigenvalue weighted by Gasteiger charge is -2.22. The standard InChI is InChI=1S/C27H22N2O4/c1-32-15-4-6-16-13(10-15)2-5-17-23(16)25-19(12-28-27(25)31)24-18-11-14(21-8-9-22(30)33-21)3-7-20(18)29-26(17)24/h3-4,6-7,10-12,21,28-29,31H,2,5,8-9H2,1H3. The molecule has 3 N–H and O–H groups in total. The SMILES string of the molecule is COc1ccc2c(c1)CCc1c-2c2c(O)[nH]cc2c2c1[nH]c1ccc(C3CCC(=O)O3)cc12. The normalized spacial score (nSPS) is 17.5. The summed E-state index contributed by atoms with van der Waals surface area (Å²) in [6.45, 7) is 0. The van der Waals surface area contributed by atoms with Crippen molar-refractivity contribution in [1.29, 1.82) is 0 Å². The van der Waals surface area contributed by atoms with Crippen LogP contribution >= 0.6 is 0 Å². The molecule has 1 fully saturated rings. The van der Waals surface area contributed by atoms with E-state index in [1.165, 1.54) is 11.1 Å². The molecule has 0 saturated carbocycles. The lowest BCUT2D eigenvalue weighted by molar-refractivity contribution is -0.141. The van der Waals surface area contributed by atoms with Crippen molar-refractivity contribution in [3.05, 3.63) is 59.3 Å². The van der Waals surface area contributed by atoms with Crippen molar-refractivity contribution in [2.45, 2.75) is 31.8 Å². The zero-order chi connectivity index (χ0) is 22.3. The smallest absolute Gasteiger partial charge is 0.306 e. The predicted octanol–water partition coefficient (Wildman–Crippen LogP) is 5.66. The maximum absolute atomic E-state index is 11.7. The van der Waals surface area contributed by atoms with Gasteiger partial charge in [-0.25, -0.2) is 0 Å². The first-order valence-corrected chi connectivity index (χ1v) is 11.3. The molecule has 6 nitrogen and oxygen atoms in total. The van der Waals surface area contributed by atoms with Crippen LogP contribution in [0.25, 0.3) is 43.7 Å². The predicted molar refractivity (Wildman–Crippen MR) is 127 cm³/mol. The van der Waals surface area contributed by atoms with Gasteiger partial charge in [0, 0.05) is 39.9 Å². The van der Waals surface area contributed by atoms with Gasteiger partial charge in [-0.2, -0.15) is 0 Å². The number of esters is 1. The Morgan fingerprint density at radius 3 is 2.79 bits per heavy atom. The maximum Gasteiger partial charge on any atom is 0.306 e. The monoisotopic (exact) mass is 438 g/mol. The number of aromatic hydroxyl groups is 1. The molecule has 0 amide bonds. The van der Waals surface area contributed by atoms with E-state index in [9.17, 15) is 9.90 Å². The van der Waals surface area contributed by atoms with Gasteiger partial charge in [-0.05, 0) is 65.8 Å².